The Morgan fingerprint density at radius 1 is 0.743 bits per heavy atom. The van der Waals surface area contributed by atoms with E-state index in [4.69, 9.17) is 116 Å². The van der Waals surface area contributed by atoms with Gasteiger partial charge in [0.25, 0.3) is 3.25 Å². The van der Waals surface area contributed by atoms with Crippen molar-refractivity contribution in [2.45, 2.75) is 44.5 Å². The van der Waals surface area contributed by atoms with Crippen LogP contribution in [0, 0.1) is 0 Å². The number of halogens is 20. The Kier molecular flexibility index (Phi) is 60.5. The van der Waals surface area contributed by atoms with E-state index in [1.165, 1.54) is 0 Å². The van der Waals surface area contributed by atoms with Crippen LogP contribution in [-0.4, -0.2) is 42.4 Å². The lowest BCUT2D eigenvalue weighted by Crippen LogP contribution is -2.24. The van der Waals surface area contributed by atoms with Crippen molar-refractivity contribution < 1.29 is 31.0 Å². The van der Waals surface area contributed by atoms with Crippen LogP contribution in [-0.2, 0) is 0 Å². The zero-order valence-corrected chi connectivity index (χ0v) is 27.2. The van der Waals surface area contributed by atoms with Crippen LogP contribution in [0.3, 0.4) is 0 Å². The summed E-state index contributed by atoms with van der Waals surface area (Å²) in [4.78, 5) is 0. The predicted molar refractivity (Wildman–Crippen MR) is 151 cm³/mol. The third-order valence-electron chi connectivity index (χ3n) is 1.25. The van der Waals surface area contributed by atoms with Gasteiger partial charge in [0.15, 0.2) is 3.79 Å². The molecule has 0 aliphatic rings. The van der Waals surface area contributed by atoms with Gasteiger partial charge in [-0.3, -0.25) is 4.70 Å². The summed E-state index contributed by atoms with van der Waals surface area (Å²) in [6, 6.07) is 0. The fraction of sp³-hybridized carbons (Fsp3) is 0.733. The van der Waals surface area contributed by atoms with E-state index >= 15 is 0 Å². The second-order valence-corrected chi connectivity index (χ2v) is 11.6. The van der Waals surface area contributed by atoms with Gasteiger partial charge in [-0.2, -0.15) is 26.3 Å². The molecule has 0 spiro atoms. The molecule has 0 fully saturated rings. The Hall–Kier alpha value is 2.76. The molecule has 0 radical (unpaired) electrons. The number of alkyl halides is 17. The Bertz CT molecular complexity index is 363. The molecule has 0 aromatic heterocycles. The monoisotopic (exact) mass is 790 g/mol. The highest BCUT2D eigenvalue weighted by Gasteiger charge is 2.37. The van der Waals surface area contributed by atoms with Gasteiger partial charge in [-0.15, -0.1) is 66.1 Å². The molecule has 35 heavy (non-hydrogen) atoms. The Labute approximate surface area is 266 Å². The third kappa shape index (κ3) is 126. The number of allylic oxidation sites excluding steroid dienone is 1. The van der Waals surface area contributed by atoms with Crippen molar-refractivity contribution in [1.82, 2.24) is 0 Å². The van der Waals surface area contributed by atoms with Gasteiger partial charge in [0.1, 0.15) is 5.38 Å². The van der Waals surface area contributed by atoms with Crippen LogP contribution < -0.4 is 0 Å². The summed E-state index contributed by atoms with van der Waals surface area (Å²) < 4.78 is 63.8. The lowest BCUT2D eigenvalue weighted by Gasteiger charge is -2.08. The topological polar surface area (TPSA) is 0 Å². The van der Waals surface area contributed by atoms with Crippen LogP contribution in [0.25, 0.3) is 0 Å². The summed E-state index contributed by atoms with van der Waals surface area (Å²) in [6.07, 6.45) is -7.18. The Balaban J connectivity index is -0.0000000425. The van der Waals surface area contributed by atoms with Crippen molar-refractivity contribution in [3.63, 3.8) is 0 Å². The van der Waals surface area contributed by atoms with Crippen LogP contribution in [0.1, 0.15) is 19.8 Å². The van der Waals surface area contributed by atoms with Gasteiger partial charge in [-0.1, -0.05) is 87.3 Å². The van der Waals surface area contributed by atoms with Crippen LogP contribution in [0.5, 0.6) is 0 Å². The molecule has 0 rings (SSSR count). The molecule has 222 valence electrons. The summed E-state index contributed by atoms with van der Waals surface area (Å²) in [7, 11) is 8.22. The molecule has 1 atom stereocenters. The van der Waals surface area contributed by atoms with E-state index in [1.54, 1.807) is 6.08 Å². The van der Waals surface area contributed by atoms with E-state index in [0.29, 0.717) is 12.3 Å². The summed E-state index contributed by atoms with van der Waals surface area (Å²) in [5.41, 5.74) is 0. The largest absolute Gasteiger partial charge is 0.406 e. The average molecular weight is 796 g/mol. The van der Waals surface area contributed by atoms with E-state index in [2.05, 4.69) is 53.0 Å². The molecule has 0 aliphatic heterocycles. The molecule has 0 saturated carbocycles. The summed E-state index contributed by atoms with van der Waals surface area (Å²) in [6.45, 7) is 11.2. The fourth-order valence-electron chi connectivity index (χ4n) is 0.302. The molecule has 0 amide bonds. The second-order valence-electron chi connectivity index (χ2n) is 4.11. The summed E-state index contributed by atoms with van der Waals surface area (Å²) >= 11 is 54.6. The first-order valence-electron chi connectivity index (χ1n) is 7.51. The highest BCUT2D eigenvalue weighted by molar-refractivity contribution is 6.85. The number of hydrogen-bond donors (Lipinski definition) is 0. The Morgan fingerprint density at radius 2 is 0.971 bits per heavy atom. The van der Waals surface area contributed by atoms with Crippen LogP contribution in [0.2, 0.25) is 0 Å². The van der Waals surface area contributed by atoms with Crippen LogP contribution in [0.15, 0.2) is 25.8 Å². The maximum Gasteiger partial charge on any atom is 0.406 e. The van der Waals surface area contributed by atoms with E-state index < -0.39 is 37.1 Å². The van der Waals surface area contributed by atoms with E-state index in [9.17, 15) is 26.3 Å². The van der Waals surface area contributed by atoms with Crippen molar-refractivity contribution in [3.8, 4) is 0 Å². The molecule has 0 aromatic carbocycles. The zero-order valence-electron chi connectivity index (χ0n) is 17.4. The standard InChI is InChI=1S/C3H4Cl4.C3H3Cl2F3.C3H4ClF3.C3H6.C2H4.CCl4.Cl2.FH/c4-2-1-3(5,6)7;4-1-2(5)3(6,7)8;4-2-1-3(5,6)7;1-3-2;1-2;2-1(3,4)5;1-2;/h1-2H2;2H,1H2;1-2H2;3H,1H2,2H3;1-2H2;;;1H. The van der Waals surface area contributed by atoms with Crippen molar-refractivity contribution in [2.24, 2.45) is 0 Å². The van der Waals surface area contributed by atoms with Crippen molar-refractivity contribution in [2.75, 3.05) is 17.6 Å². The quantitative estimate of drug-likeness (QED) is 0.152. The maximum atomic E-state index is 11.2. The first-order valence-corrected chi connectivity index (χ1v) is 13.3. The molecule has 0 bridgehead atoms. The van der Waals surface area contributed by atoms with Crippen molar-refractivity contribution >= 4 is 149 Å². The van der Waals surface area contributed by atoms with Gasteiger partial charge in [0.2, 0.25) is 0 Å². The minimum atomic E-state index is -4.36. The third-order valence-corrected chi connectivity index (χ3v) is 3.06. The minimum absolute atomic E-state index is 0. The molecule has 20 heteroatoms. The van der Waals surface area contributed by atoms with Gasteiger partial charge in [-0.05, 0) is 6.92 Å². The maximum absolute atomic E-state index is 11.2. The predicted octanol–water partition coefficient (Wildman–Crippen LogP) is 13.6. The molecule has 0 heterocycles. The van der Waals surface area contributed by atoms with E-state index in [1.807, 2.05) is 6.92 Å². The van der Waals surface area contributed by atoms with Crippen LogP contribution >= 0.6 is 149 Å². The van der Waals surface area contributed by atoms with Crippen molar-refractivity contribution in [1.29, 1.82) is 0 Å². The van der Waals surface area contributed by atoms with Gasteiger partial charge < -0.3 is 0 Å². The first kappa shape index (κ1) is 57.6. The fourth-order valence-corrected chi connectivity index (χ4v) is 1.55. The molecular weight excluding hydrogens is 774 g/mol. The molecule has 0 aliphatic carbocycles. The molecule has 0 saturated heterocycles. The van der Waals surface area contributed by atoms with E-state index in [0.717, 1.165) is 0 Å². The van der Waals surface area contributed by atoms with Crippen LogP contribution in [0.4, 0.5) is 31.0 Å². The highest BCUT2D eigenvalue weighted by Crippen LogP contribution is 2.30. The first-order chi connectivity index (χ1) is 15.0. The normalized spacial score (nSPS) is 10.9. The van der Waals surface area contributed by atoms with Gasteiger partial charge in [0.05, 0.1) is 6.42 Å². The van der Waals surface area contributed by atoms with Gasteiger partial charge in [0, 0.05) is 45.8 Å². The van der Waals surface area contributed by atoms with E-state index in [-0.39, 0.29) is 10.6 Å². The summed E-state index contributed by atoms with van der Waals surface area (Å²) in [5, 5.41) is -1.91. The second kappa shape index (κ2) is 36.8. The minimum Gasteiger partial charge on any atom is -0.269 e. The van der Waals surface area contributed by atoms with Crippen molar-refractivity contribution in [3.05, 3.63) is 25.8 Å². The summed E-state index contributed by atoms with van der Waals surface area (Å²) in [5.74, 6) is -0.551. The lowest BCUT2D eigenvalue weighted by atomic mass is 10.5. The number of hydrogen-bond acceptors (Lipinski definition) is 0. The molecule has 1 unspecified atom stereocenters. The molecule has 0 N–H and O–H groups in total. The average Bonchev–Trinajstić information content (AvgIpc) is 2.62. The Morgan fingerprint density at radius 3 is 0.971 bits per heavy atom. The number of rotatable bonds is 3. The van der Waals surface area contributed by atoms with Gasteiger partial charge >= 0.3 is 12.4 Å². The zero-order chi connectivity index (χ0) is 29.8. The van der Waals surface area contributed by atoms with Gasteiger partial charge in [-0.25, -0.2) is 0 Å². The smallest absolute Gasteiger partial charge is 0.269 e. The highest BCUT2D eigenvalue weighted by atomic mass is 36.5. The SMILES string of the molecule is C=C.C=CC.ClC(Cl)(Cl)Cl.ClCCC(Cl)(Cl)Cl.ClCl.F.FC(F)(F)C(Cl)CCl.FC(F)(F)CCCl. The lowest BCUT2D eigenvalue weighted by molar-refractivity contribution is -0.130. The molecule has 0 aromatic rings. The molecular formula is C15H22Cl13F7. The molecule has 0 nitrogen and oxygen atoms in total.